The van der Waals surface area contributed by atoms with Crippen molar-refractivity contribution in [3.63, 3.8) is 0 Å². The summed E-state index contributed by atoms with van der Waals surface area (Å²) in [4.78, 5) is 44.9. The molecule has 0 aliphatic carbocycles. The summed E-state index contributed by atoms with van der Waals surface area (Å²) in [5, 5.41) is 0. The van der Waals surface area contributed by atoms with Crippen molar-refractivity contribution < 1.29 is 18.7 Å². The molecule has 1 aliphatic rings. The van der Waals surface area contributed by atoms with Gasteiger partial charge in [0, 0.05) is 12.1 Å². The maximum atomic E-state index is 13.2. The number of ether oxygens (including phenoxy) is 1. The van der Waals surface area contributed by atoms with E-state index in [-0.39, 0.29) is 23.0 Å². The van der Waals surface area contributed by atoms with Gasteiger partial charge >= 0.3 is 11.7 Å². The smallest absolute Gasteiger partial charge is 0.323 e. The Labute approximate surface area is 184 Å². The van der Waals surface area contributed by atoms with E-state index in [1.54, 1.807) is 0 Å². The van der Waals surface area contributed by atoms with Gasteiger partial charge in [-0.3, -0.25) is 14.5 Å². The topological polar surface area (TPSA) is 95.3 Å². The predicted octanol–water partition coefficient (Wildman–Crippen LogP) is 2.78. The Hall–Kier alpha value is -3.52. The Kier molecular flexibility index (Phi) is 6.05. The highest BCUT2D eigenvalue weighted by Crippen LogP contribution is 2.37. The molecule has 0 spiro atoms. The van der Waals surface area contributed by atoms with Gasteiger partial charge < -0.3 is 14.7 Å². The summed E-state index contributed by atoms with van der Waals surface area (Å²) in [6.45, 7) is 1.51. The van der Waals surface area contributed by atoms with Gasteiger partial charge in [0.2, 0.25) is 5.78 Å². The monoisotopic (exact) mass is 437 g/mol. The minimum Gasteiger partial charge on any atom is -0.468 e. The van der Waals surface area contributed by atoms with Crippen molar-refractivity contribution >= 4 is 11.8 Å². The molecule has 1 aliphatic heterocycles. The van der Waals surface area contributed by atoms with E-state index in [4.69, 9.17) is 4.74 Å². The zero-order valence-corrected chi connectivity index (χ0v) is 17.7. The number of aromatic amines is 2. The minimum absolute atomic E-state index is 0.162. The molecule has 1 saturated heterocycles. The molecule has 0 radical (unpaired) electrons. The molecule has 3 aromatic rings. The minimum atomic E-state index is -0.717. The number of piperidine rings is 1. The number of aromatic nitrogens is 2. The number of nitrogens with zero attached hydrogens (tertiary/aromatic N) is 1. The summed E-state index contributed by atoms with van der Waals surface area (Å²) >= 11 is 0. The molecule has 0 bridgehead atoms. The molecule has 2 aromatic carbocycles. The van der Waals surface area contributed by atoms with E-state index < -0.39 is 16.9 Å². The van der Waals surface area contributed by atoms with Crippen LogP contribution in [-0.4, -0.2) is 46.8 Å². The zero-order chi connectivity index (χ0) is 22.7. The van der Waals surface area contributed by atoms with E-state index in [1.807, 2.05) is 30.3 Å². The van der Waals surface area contributed by atoms with Crippen LogP contribution in [0.15, 0.2) is 59.4 Å². The highest BCUT2D eigenvalue weighted by molar-refractivity contribution is 6.08. The Morgan fingerprint density at radius 1 is 1.03 bits per heavy atom. The molecular weight excluding hydrogens is 413 g/mol. The second kappa shape index (κ2) is 8.92. The molecule has 1 fully saturated rings. The van der Waals surface area contributed by atoms with Crippen LogP contribution in [0.25, 0.3) is 0 Å². The quantitative estimate of drug-likeness (QED) is 0.457. The normalized spacial score (nSPS) is 15.9. The summed E-state index contributed by atoms with van der Waals surface area (Å²) < 4.78 is 18.3. The number of nitrogens with one attached hydrogen (secondary N) is 2. The molecular formula is C24H24FN3O4. The van der Waals surface area contributed by atoms with Crippen LogP contribution in [-0.2, 0) is 21.5 Å². The fourth-order valence-electron chi connectivity index (χ4n) is 4.36. The number of imidazole rings is 1. The summed E-state index contributed by atoms with van der Waals surface area (Å²) in [6, 6.07) is 14.8. The highest BCUT2D eigenvalue weighted by atomic mass is 19.1. The van der Waals surface area contributed by atoms with Gasteiger partial charge in [-0.2, -0.15) is 0 Å². The zero-order valence-electron chi connectivity index (χ0n) is 17.7. The van der Waals surface area contributed by atoms with Crippen molar-refractivity contribution in [3.8, 4) is 0 Å². The number of hydrogen-bond donors (Lipinski definition) is 2. The van der Waals surface area contributed by atoms with Crippen LogP contribution in [0.5, 0.6) is 0 Å². The van der Waals surface area contributed by atoms with E-state index in [2.05, 4.69) is 14.9 Å². The standard InChI is InChI=1S/C24H24FN3O4/c1-32-22(30)24(17-5-3-2-4-6-17)11-13-28(14-12-24)15-19-20(27-23(31)26-19)21(29)16-7-9-18(25)10-8-16/h2-10H,11-15H2,1H3,(H2,26,27,31). The molecule has 166 valence electrons. The SMILES string of the molecule is COC(=O)C1(c2ccccc2)CCN(Cc2[nH]c(=O)[nH]c2C(=O)c2ccc(F)cc2)CC1. The van der Waals surface area contributed by atoms with E-state index in [1.165, 1.54) is 31.4 Å². The number of ketones is 1. The number of halogens is 1. The fourth-order valence-corrected chi connectivity index (χ4v) is 4.36. The van der Waals surface area contributed by atoms with Crippen LogP contribution in [0, 0.1) is 5.82 Å². The highest BCUT2D eigenvalue weighted by Gasteiger charge is 2.44. The molecule has 8 heteroatoms. The Bertz CT molecular complexity index is 1160. The molecule has 4 rings (SSSR count). The Morgan fingerprint density at radius 2 is 1.69 bits per heavy atom. The number of esters is 1. The number of likely N-dealkylation sites (tertiary alicyclic amines) is 1. The Morgan fingerprint density at radius 3 is 2.31 bits per heavy atom. The lowest BCUT2D eigenvalue weighted by Gasteiger charge is -2.40. The van der Waals surface area contributed by atoms with Crippen molar-refractivity contribution in [3.05, 3.63) is 93.4 Å². The molecule has 1 aromatic heterocycles. The molecule has 32 heavy (non-hydrogen) atoms. The van der Waals surface area contributed by atoms with Crippen molar-refractivity contribution in [2.24, 2.45) is 0 Å². The van der Waals surface area contributed by atoms with Crippen molar-refractivity contribution in [1.29, 1.82) is 0 Å². The van der Waals surface area contributed by atoms with E-state index >= 15 is 0 Å². The molecule has 2 N–H and O–H groups in total. The van der Waals surface area contributed by atoms with Crippen LogP contribution in [0.3, 0.4) is 0 Å². The van der Waals surface area contributed by atoms with Gasteiger partial charge in [-0.15, -0.1) is 0 Å². The molecule has 0 saturated carbocycles. The van der Waals surface area contributed by atoms with Crippen LogP contribution < -0.4 is 5.69 Å². The number of benzene rings is 2. The van der Waals surface area contributed by atoms with E-state index in [0.717, 1.165) is 5.56 Å². The van der Waals surface area contributed by atoms with E-state index in [9.17, 15) is 18.8 Å². The molecule has 0 atom stereocenters. The first-order valence-electron chi connectivity index (χ1n) is 10.4. The first-order chi connectivity index (χ1) is 15.4. The lowest BCUT2D eigenvalue weighted by molar-refractivity contribution is -0.149. The van der Waals surface area contributed by atoms with Crippen molar-refractivity contribution in [2.45, 2.75) is 24.8 Å². The molecule has 7 nitrogen and oxygen atoms in total. The predicted molar refractivity (Wildman–Crippen MR) is 116 cm³/mol. The third-order valence-electron chi connectivity index (χ3n) is 6.13. The van der Waals surface area contributed by atoms with E-state index in [0.29, 0.717) is 38.2 Å². The maximum absolute atomic E-state index is 13.2. The fraction of sp³-hybridized carbons (Fsp3) is 0.292. The third kappa shape index (κ3) is 4.13. The molecule has 0 unspecified atom stereocenters. The maximum Gasteiger partial charge on any atom is 0.323 e. The largest absolute Gasteiger partial charge is 0.468 e. The number of carbonyl (C=O) groups excluding carboxylic acids is 2. The van der Waals surface area contributed by atoms with Crippen molar-refractivity contribution in [2.75, 3.05) is 20.2 Å². The third-order valence-corrected chi connectivity index (χ3v) is 6.13. The number of rotatable bonds is 6. The van der Waals surface area contributed by atoms with Gasteiger partial charge in [-0.1, -0.05) is 30.3 Å². The summed E-state index contributed by atoms with van der Waals surface area (Å²) in [5.41, 5.74) is 0.647. The first-order valence-corrected chi connectivity index (χ1v) is 10.4. The van der Waals surface area contributed by atoms with Crippen LogP contribution in [0.2, 0.25) is 0 Å². The molecule has 0 amide bonds. The second-order valence-corrected chi connectivity index (χ2v) is 7.98. The molecule has 2 heterocycles. The Balaban J connectivity index is 1.52. The van der Waals surface area contributed by atoms with Gasteiger partial charge in [-0.05, 0) is 55.8 Å². The summed E-state index contributed by atoms with van der Waals surface area (Å²) in [5.74, 6) is -1.08. The average molecular weight is 437 g/mol. The summed E-state index contributed by atoms with van der Waals surface area (Å²) in [6.07, 6.45) is 1.11. The van der Waals surface area contributed by atoms with Gasteiger partial charge in [0.05, 0.1) is 18.2 Å². The number of methoxy groups -OCH3 is 1. The lowest BCUT2D eigenvalue weighted by Crippen LogP contribution is -2.47. The van der Waals surface area contributed by atoms with Gasteiger partial charge in [0.1, 0.15) is 11.5 Å². The number of hydrogen-bond acceptors (Lipinski definition) is 5. The van der Waals surface area contributed by atoms with Crippen molar-refractivity contribution in [1.82, 2.24) is 14.9 Å². The summed E-state index contributed by atoms with van der Waals surface area (Å²) in [7, 11) is 1.40. The average Bonchev–Trinajstić information content (AvgIpc) is 3.19. The van der Waals surface area contributed by atoms with Crippen LogP contribution in [0.1, 0.15) is 40.2 Å². The van der Waals surface area contributed by atoms with Gasteiger partial charge in [-0.25, -0.2) is 9.18 Å². The van der Waals surface area contributed by atoms with Crippen LogP contribution >= 0.6 is 0 Å². The number of H-pyrrole nitrogens is 2. The second-order valence-electron chi connectivity index (χ2n) is 7.98. The lowest BCUT2D eigenvalue weighted by atomic mass is 9.72. The van der Waals surface area contributed by atoms with Gasteiger partial charge in [0.25, 0.3) is 0 Å². The van der Waals surface area contributed by atoms with Crippen LogP contribution in [0.4, 0.5) is 4.39 Å². The first kappa shape index (κ1) is 21.7. The number of carbonyl (C=O) groups is 2. The van der Waals surface area contributed by atoms with Gasteiger partial charge in [0.15, 0.2) is 0 Å².